The second kappa shape index (κ2) is 5.28. The lowest BCUT2D eigenvalue weighted by Gasteiger charge is -2.14. The fourth-order valence-corrected chi connectivity index (χ4v) is 2.23. The molecular weight excluding hydrogens is 264 g/mol. The molecular formula is C16H16N4O. The van der Waals surface area contributed by atoms with Crippen LogP contribution in [0.3, 0.4) is 0 Å². The monoisotopic (exact) mass is 280 g/mol. The Bertz CT molecular complexity index is 776. The Kier molecular flexibility index (Phi) is 3.31. The van der Waals surface area contributed by atoms with Crippen molar-refractivity contribution in [3.8, 4) is 0 Å². The highest BCUT2D eigenvalue weighted by molar-refractivity contribution is 5.94. The topological polar surface area (TPSA) is 72.9 Å². The number of nitrogens with zero attached hydrogens (tertiary/aromatic N) is 2. The first-order chi connectivity index (χ1) is 10.1. The summed E-state index contributed by atoms with van der Waals surface area (Å²) in [5.41, 5.74) is 8.85. The van der Waals surface area contributed by atoms with Gasteiger partial charge in [0, 0.05) is 11.4 Å². The lowest BCUT2D eigenvalue weighted by Crippen LogP contribution is -2.23. The molecule has 5 heteroatoms. The van der Waals surface area contributed by atoms with E-state index in [0.717, 1.165) is 16.7 Å². The molecule has 0 bridgehead atoms. The summed E-state index contributed by atoms with van der Waals surface area (Å²) in [5.74, 6) is -0.0945. The number of carbonyl (C=O) groups is 1. The van der Waals surface area contributed by atoms with Gasteiger partial charge < -0.3 is 15.6 Å². The number of para-hydroxylation sites is 2. The van der Waals surface area contributed by atoms with Gasteiger partial charge in [-0.15, -0.1) is 0 Å². The number of amides is 1. The SMILES string of the molecule is CC(C(=O)Nc1ccc(N)cc1)n1cnc2ccccc21. The molecule has 1 atom stereocenters. The lowest BCUT2D eigenvalue weighted by molar-refractivity contribution is -0.118. The van der Waals surface area contributed by atoms with Crippen LogP contribution in [0.4, 0.5) is 11.4 Å². The maximum atomic E-state index is 12.3. The molecule has 106 valence electrons. The van der Waals surface area contributed by atoms with E-state index in [0.29, 0.717) is 5.69 Å². The maximum Gasteiger partial charge on any atom is 0.247 e. The van der Waals surface area contributed by atoms with Crippen LogP contribution in [0.15, 0.2) is 54.9 Å². The van der Waals surface area contributed by atoms with E-state index in [1.165, 1.54) is 0 Å². The van der Waals surface area contributed by atoms with Crippen molar-refractivity contribution in [2.75, 3.05) is 11.1 Å². The van der Waals surface area contributed by atoms with Crippen LogP contribution in [0.25, 0.3) is 11.0 Å². The van der Waals surface area contributed by atoms with Crippen LogP contribution >= 0.6 is 0 Å². The molecule has 0 radical (unpaired) electrons. The third-order valence-corrected chi connectivity index (χ3v) is 3.46. The van der Waals surface area contributed by atoms with Crippen molar-refractivity contribution in [2.24, 2.45) is 0 Å². The Balaban J connectivity index is 1.82. The third-order valence-electron chi connectivity index (χ3n) is 3.46. The van der Waals surface area contributed by atoms with E-state index in [1.807, 2.05) is 35.8 Å². The van der Waals surface area contributed by atoms with Crippen LogP contribution in [0, 0.1) is 0 Å². The maximum absolute atomic E-state index is 12.3. The Morgan fingerprint density at radius 1 is 1.19 bits per heavy atom. The predicted octanol–water partition coefficient (Wildman–Crippen LogP) is 2.82. The van der Waals surface area contributed by atoms with Gasteiger partial charge in [-0.25, -0.2) is 4.98 Å². The molecule has 0 aliphatic rings. The minimum Gasteiger partial charge on any atom is -0.399 e. The average Bonchev–Trinajstić information content (AvgIpc) is 2.92. The van der Waals surface area contributed by atoms with Gasteiger partial charge in [0.05, 0.1) is 17.4 Å². The zero-order chi connectivity index (χ0) is 14.8. The van der Waals surface area contributed by atoms with Crippen LogP contribution in [-0.4, -0.2) is 15.5 Å². The molecule has 3 aromatic rings. The number of imidazole rings is 1. The van der Waals surface area contributed by atoms with E-state index in [4.69, 9.17) is 5.73 Å². The fraction of sp³-hybridized carbons (Fsp3) is 0.125. The van der Waals surface area contributed by atoms with Gasteiger partial charge in [0.1, 0.15) is 6.04 Å². The fourth-order valence-electron chi connectivity index (χ4n) is 2.23. The number of hydrogen-bond donors (Lipinski definition) is 2. The molecule has 0 aliphatic heterocycles. The quantitative estimate of drug-likeness (QED) is 0.724. The Morgan fingerprint density at radius 3 is 2.67 bits per heavy atom. The van der Waals surface area contributed by atoms with Gasteiger partial charge in [0.2, 0.25) is 5.91 Å². The summed E-state index contributed by atoms with van der Waals surface area (Å²) < 4.78 is 1.86. The summed E-state index contributed by atoms with van der Waals surface area (Å²) in [6.45, 7) is 1.85. The summed E-state index contributed by atoms with van der Waals surface area (Å²) in [6, 6.07) is 14.5. The highest BCUT2D eigenvalue weighted by atomic mass is 16.2. The number of benzene rings is 2. The van der Waals surface area contributed by atoms with Crippen LogP contribution in [-0.2, 0) is 4.79 Å². The molecule has 1 unspecified atom stereocenters. The molecule has 3 rings (SSSR count). The summed E-state index contributed by atoms with van der Waals surface area (Å²) in [5, 5.41) is 2.88. The molecule has 1 aromatic heterocycles. The van der Waals surface area contributed by atoms with Gasteiger partial charge in [0.15, 0.2) is 0 Å². The first kappa shape index (κ1) is 13.2. The number of anilines is 2. The second-order valence-corrected chi connectivity index (χ2v) is 4.93. The summed E-state index contributed by atoms with van der Waals surface area (Å²) in [7, 11) is 0. The van der Waals surface area contributed by atoms with Gasteiger partial charge in [-0.2, -0.15) is 0 Å². The van der Waals surface area contributed by atoms with Crippen molar-refractivity contribution in [1.82, 2.24) is 9.55 Å². The number of nitrogens with two attached hydrogens (primary N) is 1. The number of aromatic nitrogens is 2. The molecule has 0 saturated heterocycles. The molecule has 2 aromatic carbocycles. The van der Waals surface area contributed by atoms with Gasteiger partial charge in [-0.1, -0.05) is 12.1 Å². The number of carbonyl (C=O) groups excluding carboxylic acids is 1. The summed E-state index contributed by atoms with van der Waals surface area (Å²) in [4.78, 5) is 16.7. The van der Waals surface area contributed by atoms with Crippen LogP contribution in [0.1, 0.15) is 13.0 Å². The zero-order valence-electron chi connectivity index (χ0n) is 11.7. The number of rotatable bonds is 3. The Hall–Kier alpha value is -2.82. The highest BCUT2D eigenvalue weighted by Crippen LogP contribution is 2.19. The van der Waals surface area contributed by atoms with Gasteiger partial charge in [0.25, 0.3) is 0 Å². The van der Waals surface area contributed by atoms with Crippen LogP contribution in [0.2, 0.25) is 0 Å². The minimum atomic E-state index is -0.352. The van der Waals surface area contributed by atoms with E-state index < -0.39 is 0 Å². The van der Waals surface area contributed by atoms with Crippen molar-refractivity contribution < 1.29 is 4.79 Å². The lowest BCUT2D eigenvalue weighted by atomic mass is 10.2. The zero-order valence-corrected chi connectivity index (χ0v) is 11.7. The molecule has 0 fully saturated rings. The first-order valence-corrected chi connectivity index (χ1v) is 6.73. The van der Waals surface area contributed by atoms with E-state index in [9.17, 15) is 4.79 Å². The number of hydrogen-bond acceptors (Lipinski definition) is 3. The average molecular weight is 280 g/mol. The molecule has 0 saturated carbocycles. The van der Waals surface area contributed by atoms with E-state index in [-0.39, 0.29) is 11.9 Å². The smallest absolute Gasteiger partial charge is 0.247 e. The second-order valence-electron chi connectivity index (χ2n) is 4.93. The predicted molar refractivity (Wildman–Crippen MR) is 83.9 cm³/mol. The molecule has 0 spiro atoms. The van der Waals surface area contributed by atoms with Gasteiger partial charge in [-0.05, 0) is 43.3 Å². The molecule has 21 heavy (non-hydrogen) atoms. The molecule has 5 nitrogen and oxygen atoms in total. The van der Waals surface area contributed by atoms with Crippen molar-refractivity contribution in [2.45, 2.75) is 13.0 Å². The van der Waals surface area contributed by atoms with Crippen molar-refractivity contribution in [3.05, 3.63) is 54.9 Å². The molecule has 1 amide bonds. The third kappa shape index (κ3) is 2.58. The molecule has 3 N–H and O–H groups in total. The number of nitrogens with one attached hydrogen (secondary N) is 1. The Morgan fingerprint density at radius 2 is 1.90 bits per heavy atom. The standard InChI is InChI=1S/C16H16N4O/c1-11(16(21)19-13-8-6-12(17)7-9-13)20-10-18-14-4-2-3-5-15(14)20/h2-11H,17H2,1H3,(H,19,21). The normalized spacial score (nSPS) is 12.2. The van der Waals surface area contributed by atoms with Crippen molar-refractivity contribution >= 4 is 28.3 Å². The number of fused-ring (bicyclic) bond motifs is 1. The summed E-state index contributed by atoms with van der Waals surface area (Å²) >= 11 is 0. The van der Waals surface area contributed by atoms with E-state index >= 15 is 0 Å². The van der Waals surface area contributed by atoms with E-state index in [1.54, 1.807) is 30.6 Å². The van der Waals surface area contributed by atoms with Gasteiger partial charge >= 0.3 is 0 Å². The summed E-state index contributed by atoms with van der Waals surface area (Å²) in [6.07, 6.45) is 1.69. The Labute approximate surface area is 122 Å². The van der Waals surface area contributed by atoms with Crippen LogP contribution < -0.4 is 11.1 Å². The van der Waals surface area contributed by atoms with Crippen molar-refractivity contribution in [1.29, 1.82) is 0 Å². The van der Waals surface area contributed by atoms with Crippen molar-refractivity contribution in [3.63, 3.8) is 0 Å². The highest BCUT2D eigenvalue weighted by Gasteiger charge is 2.17. The van der Waals surface area contributed by atoms with Gasteiger partial charge in [-0.3, -0.25) is 4.79 Å². The van der Waals surface area contributed by atoms with E-state index in [2.05, 4.69) is 10.3 Å². The molecule has 0 aliphatic carbocycles. The first-order valence-electron chi connectivity index (χ1n) is 6.73. The molecule has 1 heterocycles. The largest absolute Gasteiger partial charge is 0.399 e. The van der Waals surface area contributed by atoms with Crippen LogP contribution in [0.5, 0.6) is 0 Å². The minimum absolute atomic E-state index is 0.0945. The number of nitrogen functional groups attached to an aromatic ring is 1.